The molecule has 5 unspecified atom stereocenters. The minimum atomic E-state index is 0. The van der Waals surface area contributed by atoms with Crippen LogP contribution in [0.5, 0.6) is 0 Å². The monoisotopic (exact) mass is 535 g/mol. The van der Waals surface area contributed by atoms with Crippen molar-refractivity contribution in [3.05, 3.63) is 53.5 Å². The van der Waals surface area contributed by atoms with Gasteiger partial charge in [0, 0.05) is 0 Å². The van der Waals surface area contributed by atoms with Crippen molar-refractivity contribution in [3.63, 3.8) is 0 Å². The number of allylic oxidation sites excluding steroid dienone is 8. The normalized spacial score (nSPS) is 33.5. The first-order valence-corrected chi connectivity index (χ1v) is 13.6. The number of hydrogen-bond donors (Lipinski definition) is 0. The molecule has 0 N–H and O–H groups in total. The second-order valence-electron chi connectivity index (χ2n) is 9.70. The second-order valence-corrected chi connectivity index (χ2v) is 11.4. The van der Waals surface area contributed by atoms with Gasteiger partial charge >= 0.3 is 59.5 Å². The predicted octanol–water partition coefficient (Wildman–Crippen LogP) is 1.72. The van der Waals surface area contributed by atoms with Crippen molar-refractivity contribution in [2.24, 2.45) is 29.6 Å². The van der Waals surface area contributed by atoms with E-state index < -0.39 is 0 Å². The summed E-state index contributed by atoms with van der Waals surface area (Å²) in [4.78, 5) is 0. The van der Waals surface area contributed by atoms with Gasteiger partial charge in [-0.2, -0.15) is 5.92 Å². The average molecular weight is 538 g/mol. The first kappa shape index (κ1) is 27.5. The van der Waals surface area contributed by atoms with Gasteiger partial charge in [-0.15, -0.1) is 12.0 Å². The number of hydrogen-bond acceptors (Lipinski definition) is 0. The summed E-state index contributed by atoms with van der Waals surface area (Å²) in [5, 5.41) is 0. The molecular weight excluding hydrogens is 498 g/mol. The van der Waals surface area contributed by atoms with Gasteiger partial charge in [0.15, 0.2) is 0 Å². The minimum absolute atomic E-state index is 0. The van der Waals surface area contributed by atoms with E-state index in [0.29, 0.717) is 5.92 Å². The molecule has 170 valence electrons. The van der Waals surface area contributed by atoms with E-state index in [2.05, 4.69) is 50.6 Å². The van der Waals surface area contributed by atoms with Crippen LogP contribution in [0.3, 0.4) is 0 Å². The van der Waals surface area contributed by atoms with Crippen LogP contribution in [0, 0.1) is 36.0 Å². The fourth-order valence-electron chi connectivity index (χ4n) is 6.76. The van der Waals surface area contributed by atoms with E-state index in [1.165, 1.54) is 70.6 Å². The first-order valence-electron chi connectivity index (χ1n) is 12.4. The molecule has 0 bridgehead atoms. The van der Waals surface area contributed by atoms with Gasteiger partial charge in [0.1, 0.15) is 0 Å². The molecule has 0 amide bonds. The molecule has 0 saturated heterocycles. The zero-order chi connectivity index (χ0) is 20.2. The number of halogens is 2. The Morgan fingerprint density at radius 3 is 2.32 bits per heavy atom. The number of rotatable bonds is 3. The van der Waals surface area contributed by atoms with Crippen molar-refractivity contribution < 1.29 is 49.0 Å². The van der Waals surface area contributed by atoms with Crippen molar-refractivity contribution in [1.82, 2.24) is 0 Å². The number of fused-ring (bicyclic) bond motifs is 3. The van der Waals surface area contributed by atoms with Gasteiger partial charge in [-0.3, -0.25) is 0 Å². The van der Waals surface area contributed by atoms with Crippen molar-refractivity contribution in [3.8, 4) is 0 Å². The van der Waals surface area contributed by atoms with Crippen LogP contribution in [0.25, 0.3) is 0 Å². The van der Waals surface area contributed by atoms with E-state index in [0.717, 1.165) is 23.7 Å². The topological polar surface area (TPSA) is 0 Å². The van der Waals surface area contributed by atoms with E-state index in [4.69, 9.17) is 0 Å². The van der Waals surface area contributed by atoms with E-state index in [1.54, 1.807) is 38.6 Å². The van der Waals surface area contributed by atoms with Crippen LogP contribution >= 0.6 is 0 Å². The Kier molecular flexibility index (Phi) is 11.8. The summed E-state index contributed by atoms with van der Waals surface area (Å²) in [5.74, 6) is 4.08. The van der Waals surface area contributed by atoms with Gasteiger partial charge in [-0.05, 0) is 48.7 Å². The van der Waals surface area contributed by atoms with E-state index >= 15 is 0 Å². The molecule has 0 aliphatic heterocycles. The predicted molar refractivity (Wildman–Crippen MR) is 122 cm³/mol. The van der Waals surface area contributed by atoms with Crippen LogP contribution in [0.4, 0.5) is 0 Å². The van der Waals surface area contributed by atoms with Crippen LogP contribution in [0.2, 0.25) is 0 Å². The van der Waals surface area contributed by atoms with Crippen LogP contribution < -0.4 is 24.8 Å². The maximum absolute atomic E-state index is 2.73. The maximum atomic E-state index is 2.73. The van der Waals surface area contributed by atoms with Crippen molar-refractivity contribution >= 4 is 3.21 Å². The molecule has 0 aromatic rings. The molecule has 5 aliphatic carbocycles. The molecule has 3 fully saturated rings. The molecule has 3 saturated carbocycles. The van der Waals surface area contributed by atoms with Gasteiger partial charge in [0.05, 0.1) is 0 Å². The Morgan fingerprint density at radius 1 is 0.935 bits per heavy atom. The fourth-order valence-corrected chi connectivity index (χ4v) is 7.63. The van der Waals surface area contributed by atoms with Gasteiger partial charge in [-0.1, -0.05) is 62.5 Å². The van der Waals surface area contributed by atoms with E-state index in [9.17, 15) is 0 Å². The summed E-state index contributed by atoms with van der Waals surface area (Å²) >= 11 is 1.69. The molecule has 0 spiro atoms. The third-order valence-electron chi connectivity index (χ3n) is 8.16. The molecule has 5 aliphatic rings. The summed E-state index contributed by atoms with van der Waals surface area (Å²) < 4.78 is 1.80. The summed E-state index contributed by atoms with van der Waals surface area (Å²) in [6, 6.07) is 0. The summed E-state index contributed by atoms with van der Waals surface area (Å²) in [6.45, 7) is 4.67. The molecule has 5 rings (SSSR count). The quantitative estimate of drug-likeness (QED) is 0.481. The van der Waals surface area contributed by atoms with E-state index in [-0.39, 0.29) is 24.8 Å². The Morgan fingerprint density at radius 2 is 1.68 bits per heavy atom. The summed E-state index contributed by atoms with van der Waals surface area (Å²) in [7, 11) is 0. The summed E-state index contributed by atoms with van der Waals surface area (Å²) in [6.07, 6.45) is 30.0. The fraction of sp³-hybridized carbons (Fsp3) is 0.643. The Bertz CT molecular complexity index is 721. The Balaban J connectivity index is 0.000000327. The SMILES string of the molecule is CCC1=CCC(C2CCCC3C4C=CC=CC4[CH-]C23)=C1CC.[Cl-].[Cl-].[Zr+2]=[C]1CCCCC1. The molecule has 0 radical (unpaired) electrons. The molecule has 0 aromatic heterocycles. The van der Waals surface area contributed by atoms with Crippen molar-refractivity contribution in [1.29, 1.82) is 0 Å². The van der Waals surface area contributed by atoms with Crippen LogP contribution in [0.15, 0.2) is 47.1 Å². The van der Waals surface area contributed by atoms with Gasteiger partial charge in [0.2, 0.25) is 0 Å². The van der Waals surface area contributed by atoms with Gasteiger partial charge in [-0.25, -0.2) is 0 Å². The third kappa shape index (κ3) is 6.25. The van der Waals surface area contributed by atoms with E-state index in [1.807, 2.05) is 5.57 Å². The van der Waals surface area contributed by atoms with Crippen molar-refractivity contribution in [2.45, 2.75) is 84.5 Å². The molecular formula is C28H39Cl2Zr-. The van der Waals surface area contributed by atoms with Gasteiger partial charge in [0.25, 0.3) is 0 Å². The zero-order valence-electron chi connectivity index (χ0n) is 19.4. The molecule has 31 heavy (non-hydrogen) atoms. The molecule has 5 atom stereocenters. The van der Waals surface area contributed by atoms with Crippen molar-refractivity contribution in [2.75, 3.05) is 0 Å². The molecule has 3 heteroatoms. The second kappa shape index (κ2) is 13.2. The standard InChI is InChI=1S/C22H29.C6H10.2ClH.Zr/c1-3-15-12-13-21(17(15)4-2)20-11-7-10-19-18-9-6-5-8-16(18)14-22(19)20;1-2-4-6-5-3-1;;;/h5-6,8-9,12,14,16,18-20,22H,3-4,7,10-11,13H2,1-2H3;1-5H2;2*1H;/q-1;;;;+2/p-2. The third-order valence-corrected chi connectivity index (χ3v) is 9.38. The first-order chi connectivity index (χ1) is 14.2. The Hall–Kier alpha value is 0.293. The average Bonchev–Trinajstić information content (AvgIpc) is 3.35. The van der Waals surface area contributed by atoms with Gasteiger partial charge < -0.3 is 31.2 Å². The zero-order valence-corrected chi connectivity index (χ0v) is 23.4. The Labute approximate surface area is 218 Å². The molecule has 0 nitrogen and oxygen atoms in total. The van der Waals surface area contributed by atoms with Crippen LogP contribution in [-0.2, 0) is 24.2 Å². The summed E-state index contributed by atoms with van der Waals surface area (Å²) in [5.41, 5.74) is 5.19. The van der Waals surface area contributed by atoms with Crippen LogP contribution in [0.1, 0.15) is 84.5 Å². The van der Waals surface area contributed by atoms with Crippen LogP contribution in [-0.4, -0.2) is 3.21 Å². The molecule has 0 aromatic carbocycles. The molecule has 0 heterocycles.